The van der Waals surface area contributed by atoms with E-state index in [9.17, 15) is 4.79 Å². The smallest absolute Gasteiger partial charge is 0.321 e. The highest BCUT2D eigenvalue weighted by Crippen LogP contribution is 2.48. The molecule has 0 bridgehead atoms. The first-order valence-electron chi connectivity index (χ1n) is 6.72. The highest BCUT2D eigenvalue weighted by Gasteiger charge is 2.47. The zero-order valence-electron chi connectivity index (χ0n) is 11.7. The summed E-state index contributed by atoms with van der Waals surface area (Å²) in [5.74, 6) is 1.21. The van der Waals surface area contributed by atoms with Crippen molar-refractivity contribution in [1.29, 1.82) is 0 Å². The summed E-state index contributed by atoms with van der Waals surface area (Å²) < 4.78 is 5.38. The number of hydrogen-bond acceptors (Lipinski definition) is 4. The molecule has 2 amide bonds. The molecule has 0 spiro atoms. The maximum Gasteiger partial charge on any atom is 0.321 e. The van der Waals surface area contributed by atoms with E-state index < -0.39 is 0 Å². The number of hydrogen-bond donors (Lipinski definition) is 2. The molecule has 1 aromatic heterocycles. The van der Waals surface area contributed by atoms with Gasteiger partial charge >= 0.3 is 6.03 Å². The van der Waals surface area contributed by atoms with Crippen molar-refractivity contribution >= 4 is 11.8 Å². The molecule has 1 aliphatic rings. The molecule has 1 aromatic carbocycles. The third kappa shape index (κ3) is 2.79. The van der Waals surface area contributed by atoms with E-state index in [0.717, 1.165) is 24.2 Å². The van der Waals surface area contributed by atoms with Crippen LogP contribution in [0.25, 0.3) is 0 Å². The Hall–Kier alpha value is -2.63. The average molecular weight is 284 g/mol. The molecule has 6 nitrogen and oxygen atoms in total. The number of rotatable bonds is 4. The summed E-state index contributed by atoms with van der Waals surface area (Å²) in [6.07, 6.45) is 6.37. The molecule has 1 aliphatic carbocycles. The monoisotopic (exact) mass is 284 g/mol. The predicted molar refractivity (Wildman–Crippen MR) is 78.1 cm³/mol. The molecule has 0 saturated heterocycles. The lowest BCUT2D eigenvalue weighted by Crippen LogP contribution is -2.38. The van der Waals surface area contributed by atoms with Gasteiger partial charge < -0.3 is 10.1 Å². The van der Waals surface area contributed by atoms with Crippen LogP contribution in [0.2, 0.25) is 0 Å². The maximum absolute atomic E-state index is 12.1. The van der Waals surface area contributed by atoms with Crippen molar-refractivity contribution in [1.82, 2.24) is 15.3 Å². The Kier molecular flexibility index (Phi) is 3.43. The van der Waals surface area contributed by atoms with Crippen molar-refractivity contribution in [2.45, 2.75) is 18.4 Å². The van der Waals surface area contributed by atoms with Gasteiger partial charge in [0.25, 0.3) is 0 Å². The Bertz CT molecular complexity index is 641. The molecule has 1 fully saturated rings. The molecule has 0 atom stereocenters. The van der Waals surface area contributed by atoms with Crippen LogP contribution in [0, 0.1) is 0 Å². The molecule has 1 heterocycles. The lowest BCUT2D eigenvalue weighted by Gasteiger charge is -2.20. The summed E-state index contributed by atoms with van der Waals surface area (Å²) in [6.45, 7) is 0. The Balaban J connectivity index is 1.73. The number of ether oxygens (including phenoxy) is 1. The van der Waals surface area contributed by atoms with Crippen molar-refractivity contribution in [3.8, 4) is 5.75 Å². The van der Waals surface area contributed by atoms with Crippen LogP contribution in [0.3, 0.4) is 0 Å². The van der Waals surface area contributed by atoms with E-state index in [1.165, 1.54) is 12.4 Å². The van der Waals surface area contributed by atoms with Crippen molar-refractivity contribution in [2.24, 2.45) is 0 Å². The van der Waals surface area contributed by atoms with Crippen molar-refractivity contribution in [3.63, 3.8) is 0 Å². The molecule has 108 valence electrons. The molecular formula is C15H16N4O2. The van der Waals surface area contributed by atoms with E-state index in [1.807, 2.05) is 24.3 Å². The zero-order chi connectivity index (χ0) is 14.7. The van der Waals surface area contributed by atoms with E-state index in [1.54, 1.807) is 13.3 Å². The summed E-state index contributed by atoms with van der Waals surface area (Å²) in [7, 11) is 1.63. The van der Waals surface area contributed by atoms with Crippen LogP contribution < -0.4 is 15.4 Å². The van der Waals surface area contributed by atoms with Gasteiger partial charge in [0.2, 0.25) is 0 Å². The number of carbonyl (C=O) groups is 1. The molecule has 0 aliphatic heterocycles. The first-order chi connectivity index (χ1) is 10.2. The number of anilines is 1. The van der Waals surface area contributed by atoms with Crippen LogP contribution in [0.1, 0.15) is 18.4 Å². The first-order valence-corrected chi connectivity index (χ1v) is 6.72. The molecule has 0 unspecified atom stereocenters. The number of aromatic nitrogens is 2. The molecule has 2 aromatic rings. The Morgan fingerprint density at radius 2 is 2.10 bits per heavy atom. The lowest BCUT2D eigenvalue weighted by molar-refractivity contribution is 0.247. The van der Waals surface area contributed by atoms with Gasteiger partial charge in [-0.25, -0.2) is 9.78 Å². The van der Waals surface area contributed by atoms with Crippen molar-refractivity contribution in [2.75, 3.05) is 12.4 Å². The van der Waals surface area contributed by atoms with Crippen LogP contribution >= 0.6 is 0 Å². The molecule has 6 heteroatoms. The fourth-order valence-corrected chi connectivity index (χ4v) is 2.36. The average Bonchev–Trinajstić information content (AvgIpc) is 3.28. The van der Waals surface area contributed by atoms with Gasteiger partial charge in [0, 0.05) is 18.0 Å². The molecule has 21 heavy (non-hydrogen) atoms. The van der Waals surface area contributed by atoms with Gasteiger partial charge in [-0.2, -0.15) is 0 Å². The second-order valence-electron chi connectivity index (χ2n) is 4.95. The number of para-hydroxylation sites is 1. The van der Waals surface area contributed by atoms with Gasteiger partial charge in [-0.1, -0.05) is 18.2 Å². The van der Waals surface area contributed by atoms with Crippen LogP contribution in [0.15, 0.2) is 42.9 Å². The topological polar surface area (TPSA) is 76.1 Å². The second-order valence-corrected chi connectivity index (χ2v) is 4.95. The van der Waals surface area contributed by atoms with E-state index in [2.05, 4.69) is 20.6 Å². The highest BCUT2D eigenvalue weighted by molar-refractivity contribution is 5.89. The number of nitrogens with zero attached hydrogens (tertiary/aromatic N) is 2. The summed E-state index contributed by atoms with van der Waals surface area (Å²) >= 11 is 0. The summed E-state index contributed by atoms with van der Waals surface area (Å²) in [4.78, 5) is 20.0. The van der Waals surface area contributed by atoms with Crippen LogP contribution in [-0.2, 0) is 5.54 Å². The summed E-state index contributed by atoms with van der Waals surface area (Å²) in [5, 5.41) is 5.69. The van der Waals surface area contributed by atoms with Gasteiger partial charge in [-0.3, -0.25) is 10.3 Å². The molecule has 0 radical (unpaired) electrons. The zero-order valence-corrected chi connectivity index (χ0v) is 11.7. The lowest BCUT2D eigenvalue weighted by atomic mass is 10.0. The Morgan fingerprint density at radius 3 is 2.76 bits per heavy atom. The third-order valence-electron chi connectivity index (χ3n) is 3.53. The second kappa shape index (κ2) is 5.40. The normalized spacial score (nSPS) is 15.1. The number of carbonyl (C=O) groups excluding carboxylic acids is 1. The Morgan fingerprint density at radius 1 is 1.29 bits per heavy atom. The van der Waals surface area contributed by atoms with Crippen molar-refractivity contribution < 1.29 is 9.53 Å². The highest BCUT2D eigenvalue weighted by atomic mass is 16.5. The molecule has 1 saturated carbocycles. The number of benzene rings is 1. The Labute approximate surface area is 122 Å². The predicted octanol–water partition coefficient (Wildman–Crippen LogP) is 2.30. The van der Waals surface area contributed by atoms with Gasteiger partial charge in [0.05, 0.1) is 18.8 Å². The summed E-state index contributed by atoms with van der Waals surface area (Å²) in [5.41, 5.74) is 0.653. The number of nitrogens with one attached hydrogen (secondary N) is 2. The van der Waals surface area contributed by atoms with Crippen LogP contribution in [0.5, 0.6) is 5.75 Å². The number of amides is 2. The largest absolute Gasteiger partial charge is 0.496 e. The van der Waals surface area contributed by atoms with Gasteiger partial charge in [-0.15, -0.1) is 0 Å². The van der Waals surface area contributed by atoms with Crippen molar-refractivity contribution in [3.05, 3.63) is 48.4 Å². The van der Waals surface area contributed by atoms with Gasteiger partial charge in [-0.05, 0) is 18.9 Å². The maximum atomic E-state index is 12.1. The minimum Gasteiger partial charge on any atom is -0.496 e. The van der Waals surface area contributed by atoms with E-state index in [-0.39, 0.29) is 11.6 Å². The van der Waals surface area contributed by atoms with E-state index in [4.69, 9.17) is 4.74 Å². The fourth-order valence-electron chi connectivity index (χ4n) is 2.36. The first kappa shape index (κ1) is 13.4. The van der Waals surface area contributed by atoms with Gasteiger partial charge in [0.1, 0.15) is 5.75 Å². The number of methoxy groups -OCH3 is 1. The van der Waals surface area contributed by atoms with E-state index >= 15 is 0 Å². The SMILES string of the molecule is COc1ccccc1C1(NC(=O)Nc2cnccn2)CC1. The molecule has 2 N–H and O–H groups in total. The summed E-state index contributed by atoms with van der Waals surface area (Å²) in [6, 6.07) is 7.45. The van der Waals surface area contributed by atoms with Crippen LogP contribution in [0.4, 0.5) is 10.6 Å². The molecule has 3 rings (SSSR count). The fraction of sp³-hybridized carbons (Fsp3) is 0.267. The van der Waals surface area contributed by atoms with Gasteiger partial charge in [0.15, 0.2) is 5.82 Å². The minimum absolute atomic E-state index is 0.293. The minimum atomic E-state index is -0.348. The standard InChI is InChI=1S/C15H16N4O2/c1-21-12-5-3-2-4-11(12)15(6-7-15)19-14(20)18-13-10-16-8-9-17-13/h2-5,8-10H,6-7H2,1H3,(H2,17,18,19,20). The third-order valence-corrected chi connectivity index (χ3v) is 3.53. The quantitative estimate of drug-likeness (QED) is 0.903. The van der Waals surface area contributed by atoms with Crippen LogP contribution in [-0.4, -0.2) is 23.1 Å². The molecular weight excluding hydrogens is 268 g/mol. The van der Waals surface area contributed by atoms with E-state index in [0.29, 0.717) is 5.82 Å². The number of urea groups is 1.